The molecule has 4 atom stereocenters. The molecule has 7 nitrogen and oxygen atoms in total. The molecular weight excluding hydrogens is 418 g/mol. The normalized spacial score (nSPS) is 33.2. The SMILES string of the molecule is CCOc1cc2c(cc1N(C(C)=O)S(=O)(=O)O)CCC1=C2CC[C@]2(C)[C@H](O)C[C@@H]3C[C@@]132. The van der Waals surface area contributed by atoms with E-state index >= 15 is 0 Å². The summed E-state index contributed by atoms with van der Waals surface area (Å²) in [4.78, 5) is 12.1. The standard InChI is InChI=1S/C23H29NO6S/c1-4-30-20-11-17-14(9-19(20)24(13(2)25)31(27,28)29)5-6-18-16(17)7-8-22(3)21(26)10-15-12-23(15,18)22/h9,11,15,21,26H,4-8,10,12H2,1-3H3,(H,27,28,29)/t15-,21-,22-,23+/m1/s1. The number of benzene rings is 1. The van der Waals surface area contributed by atoms with E-state index in [-0.39, 0.29) is 28.4 Å². The summed E-state index contributed by atoms with van der Waals surface area (Å²) in [6.45, 7) is 5.43. The number of nitrogens with zero attached hydrogens (tertiary/aromatic N) is 1. The topological polar surface area (TPSA) is 104 Å². The lowest BCUT2D eigenvalue weighted by atomic mass is 9.59. The van der Waals surface area contributed by atoms with Crippen molar-refractivity contribution in [1.29, 1.82) is 0 Å². The lowest BCUT2D eigenvalue weighted by molar-refractivity contribution is -0.115. The zero-order valence-electron chi connectivity index (χ0n) is 18.1. The third kappa shape index (κ3) is 2.71. The van der Waals surface area contributed by atoms with Gasteiger partial charge in [0.1, 0.15) is 11.4 Å². The number of ether oxygens (including phenoxy) is 1. The minimum Gasteiger partial charge on any atom is -0.492 e. The number of carbonyl (C=O) groups is 1. The first-order valence-electron chi connectivity index (χ1n) is 11.0. The monoisotopic (exact) mass is 447 g/mol. The molecule has 5 rings (SSSR count). The average molecular weight is 448 g/mol. The highest BCUT2D eigenvalue weighted by Gasteiger charge is 2.74. The first-order chi connectivity index (χ1) is 14.5. The molecule has 0 saturated heterocycles. The van der Waals surface area contributed by atoms with Gasteiger partial charge < -0.3 is 9.84 Å². The molecule has 0 radical (unpaired) electrons. The third-order valence-electron chi connectivity index (χ3n) is 8.35. The number of aryl methyl sites for hydroxylation is 1. The summed E-state index contributed by atoms with van der Waals surface area (Å²) >= 11 is 0. The molecule has 0 heterocycles. The Bertz CT molecular complexity index is 1130. The molecule has 2 fully saturated rings. The number of rotatable bonds is 4. The van der Waals surface area contributed by atoms with Crippen LogP contribution in [0.5, 0.6) is 5.75 Å². The first-order valence-corrected chi connectivity index (χ1v) is 12.4. The summed E-state index contributed by atoms with van der Waals surface area (Å²) in [5, 5.41) is 10.7. The van der Waals surface area contributed by atoms with E-state index in [9.17, 15) is 22.9 Å². The highest BCUT2D eigenvalue weighted by Crippen LogP contribution is 2.80. The second kappa shape index (κ2) is 6.56. The molecule has 2 saturated carbocycles. The molecule has 0 unspecified atom stereocenters. The van der Waals surface area contributed by atoms with Gasteiger partial charge in [0, 0.05) is 17.8 Å². The Labute approximate surface area is 183 Å². The first kappa shape index (κ1) is 21.0. The lowest BCUT2D eigenvalue weighted by Crippen LogP contribution is -2.41. The Morgan fingerprint density at radius 1 is 1.29 bits per heavy atom. The van der Waals surface area contributed by atoms with Crippen molar-refractivity contribution in [2.75, 3.05) is 10.9 Å². The molecule has 4 aliphatic carbocycles. The van der Waals surface area contributed by atoms with Gasteiger partial charge in [-0.15, -0.1) is 0 Å². The molecule has 168 valence electrons. The minimum atomic E-state index is -4.77. The molecule has 8 heteroatoms. The summed E-state index contributed by atoms with van der Waals surface area (Å²) in [7, 11) is -4.77. The maximum absolute atomic E-state index is 12.1. The van der Waals surface area contributed by atoms with E-state index in [0.29, 0.717) is 16.8 Å². The molecule has 2 N–H and O–H groups in total. The number of aliphatic hydroxyl groups is 1. The van der Waals surface area contributed by atoms with Crippen LogP contribution in [0.25, 0.3) is 5.57 Å². The van der Waals surface area contributed by atoms with Crippen molar-refractivity contribution in [2.45, 2.75) is 65.4 Å². The molecule has 31 heavy (non-hydrogen) atoms. The van der Waals surface area contributed by atoms with Crippen LogP contribution in [0.15, 0.2) is 17.7 Å². The van der Waals surface area contributed by atoms with Crippen LogP contribution in [0.2, 0.25) is 0 Å². The van der Waals surface area contributed by atoms with E-state index in [1.807, 2.05) is 6.07 Å². The third-order valence-corrected chi connectivity index (χ3v) is 9.27. The van der Waals surface area contributed by atoms with Crippen LogP contribution in [0.1, 0.15) is 64.0 Å². The van der Waals surface area contributed by atoms with E-state index in [1.165, 1.54) is 11.1 Å². The molecule has 1 spiro atoms. The summed E-state index contributed by atoms with van der Waals surface area (Å²) in [5.41, 5.74) is 4.86. The van der Waals surface area contributed by atoms with Crippen LogP contribution in [-0.2, 0) is 21.5 Å². The van der Waals surface area contributed by atoms with Gasteiger partial charge in [-0.1, -0.05) is 12.5 Å². The van der Waals surface area contributed by atoms with E-state index in [2.05, 4.69) is 6.92 Å². The zero-order valence-corrected chi connectivity index (χ0v) is 19.0. The Balaban J connectivity index is 1.67. The largest absolute Gasteiger partial charge is 0.492 e. The number of anilines is 1. The van der Waals surface area contributed by atoms with Crippen molar-refractivity contribution in [3.63, 3.8) is 0 Å². The van der Waals surface area contributed by atoms with Crippen LogP contribution >= 0.6 is 0 Å². The van der Waals surface area contributed by atoms with Gasteiger partial charge in [0.2, 0.25) is 5.91 Å². The average Bonchev–Trinajstić information content (AvgIpc) is 3.33. The van der Waals surface area contributed by atoms with Crippen molar-refractivity contribution in [2.24, 2.45) is 16.7 Å². The van der Waals surface area contributed by atoms with Gasteiger partial charge >= 0.3 is 10.3 Å². The van der Waals surface area contributed by atoms with Gasteiger partial charge in [-0.3, -0.25) is 9.35 Å². The summed E-state index contributed by atoms with van der Waals surface area (Å²) in [5.74, 6) is 0.0254. The molecule has 0 aliphatic heterocycles. The van der Waals surface area contributed by atoms with E-state index in [0.717, 1.165) is 56.6 Å². The van der Waals surface area contributed by atoms with Crippen LogP contribution in [0, 0.1) is 16.7 Å². The smallest absolute Gasteiger partial charge is 0.366 e. The van der Waals surface area contributed by atoms with Crippen LogP contribution < -0.4 is 9.04 Å². The van der Waals surface area contributed by atoms with Gasteiger partial charge in [0.05, 0.1) is 12.7 Å². The fourth-order valence-corrected chi connectivity index (χ4v) is 7.68. The van der Waals surface area contributed by atoms with E-state index < -0.39 is 16.2 Å². The van der Waals surface area contributed by atoms with Gasteiger partial charge in [0.25, 0.3) is 0 Å². The minimum absolute atomic E-state index is 0.0547. The number of allylic oxidation sites excluding steroid dienone is 2. The second-order valence-electron chi connectivity index (χ2n) is 9.67. The maximum Gasteiger partial charge on any atom is 0.366 e. The fourth-order valence-electron chi connectivity index (χ4n) is 6.97. The molecule has 0 bridgehead atoms. The zero-order chi connectivity index (χ0) is 22.3. The Morgan fingerprint density at radius 3 is 2.68 bits per heavy atom. The summed E-state index contributed by atoms with van der Waals surface area (Å²) in [6.07, 6.45) is 5.17. The number of carbonyl (C=O) groups excluding carboxylic acids is 1. The highest BCUT2D eigenvalue weighted by atomic mass is 32.2. The number of fused-ring (bicyclic) bond motifs is 2. The van der Waals surface area contributed by atoms with Gasteiger partial charge in [-0.25, -0.2) is 0 Å². The second-order valence-corrected chi connectivity index (χ2v) is 10.9. The predicted octanol–water partition coefficient (Wildman–Crippen LogP) is 3.51. The van der Waals surface area contributed by atoms with Crippen molar-refractivity contribution in [3.05, 3.63) is 28.8 Å². The van der Waals surface area contributed by atoms with Gasteiger partial charge in [0.15, 0.2) is 0 Å². The summed E-state index contributed by atoms with van der Waals surface area (Å²) < 4.78 is 39.7. The lowest BCUT2D eigenvalue weighted by Gasteiger charge is -2.46. The molecule has 1 aromatic carbocycles. The fraction of sp³-hybridized carbons (Fsp3) is 0.609. The number of aliphatic hydroxyl groups excluding tert-OH is 1. The molecular formula is C23H29NO6S. The molecule has 4 aliphatic rings. The highest BCUT2D eigenvalue weighted by molar-refractivity contribution is 7.88. The van der Waals surface area contributed by atoms with Crippen molar-refractivity contribution in [3.8, 4) is 5.75 Å². The van der Waals surface area contributed by atoms with Crippen LogP contribution in [0.4, 0.5) is 5.69 Å². The quantitative estimate of drug-likeness (QED) is 0.685. The Kier molecular flexibility index (Phi) is 4.44. The van der Waals surface area contributed by atoms with Crippen molar-refractivity contribution >= 4 is 27.5 Å². The van der Waals surface area contributed by atoms with E-state index in [4.69, 9.17) is 4.74 Å². The van der Waals surface area contributed by atoms with Crippen molar-refractivity contribution in [1.82, 2.24) is 0 Å². The number of hydrogen-bond donors (Lipinski definition) is 2. The number of hydrogen-bond acceptors (Lipinski definition) is 5. The Hall–Kier alpha value is -1.90. The van der Waals surface area contributed by atoms with Crippen LogP contribution in [0.3, 0.4) is 0 Å². The molecule has 0 aromatic heterocycles. The van der Waals surface area contributed by atoms with E-state index in [1.54, 1.807) is 13.0 Å². The van der Waals surface area contributed by atoms with Crippen molar-refractivity contribution < 1.29 is 27.6 Å². The van der Waals surface area contributed by atoms with Crippen LogP contribution in [-0.4, -0.2) is 36.7 Å². The molecule has 1 aromatic rings. The number of amides is 1. The van der Waals surface area contributed by atoms with Gasteiger partial charge in [-0.05, 0) is 80.2 Å². The Morgan fingerprint density at radius 2 is 2.03 bits per heavy atom. The predicted molar refractivity (Wildman–Crippen MR) is 116 cm³/mol. The maximum atomic E-state index is 12.1. The molecule has 1 amide bonds. The van der Waals surface area contributed by atoms with Gasteiger partial charge in [-0.2, -0.15) is 12.7 Å². The summed E-state index contributed by atoms with van der Waals surface area (Å²) in [6, 6.07) is 3.52.